The average Bonchev–Trinajstić information content (AvgIpc) is 3.69. The number of oxime groups is 1. The van der Waals surface area contributed by atoms with Crippen LogP contribution in [0.15, 0.2) is 90.4 Å². The molecule has 3 aromatic rings. The lowest BCUT2D eigenvalue weighted by molar-refractivity contribution is -0.156. The normalized spacial score (nSPS) is 17.6. The molecular formula is C46H52F4N2O7. The molecule has 1 fully saturated rings. The maximum Gasteiger partial charge on any atom is 0.340 e. The molecule has 0 bridgehead atoms. The molecular weight excluding hydrogens is 769 g/mol. The van der Waals surface area contributed by atoms with E-state index in [1.54, 1.807) is 56.3 Å². The Hall–Kier alpha value is -5.53. The van der Waals surface area contributed by atoms with Crippen molar-refractivity contribution in [3.05, 3.63) is 118 Å². The van der Waals surface area contributed by atoms with Gasteiger partial charge in [0.25, 0.3) is 0 Å². The Kier molecular flexibility index (Phi) is 15.6. The quantitative estimate of drug-likeness (QED) is 0.0241. The van der Waals surface area contributed by atoms with Gasteiger partial charge in [-0.2, -0.15) is 8.78 Å². The molecule has 2 atom stereocenters. The molecule has 0 spiro atoms. The number of allylic oxidation sites excluding steroid dienone is 6. The number of benzene rings is 2. The number of aromatic nitrogens is 1. The number of rotatable bonds is 18. The Balaban J connectivity index is 1.81. The van der Waals surface area contributed by atoms with Gasteiger partial charge in [-0.3, -0.25) is 4.79 Å². The minimum absolute atomic E-state index is 0.149. The van der Waals surface area contributed by atoms with Crippen molar-refractivity contribution in [1.29, 1.82) is 0 Å². The van der Waals surface area contributed by atoms with Gasteiger partial charge in [0.2, 0.25) is 0 Å². The summed E-state index contributed by atoms with van der Waals surface area (Å²) in [4.78, 5) is 31.4. The van der Waals surface area contributed by atoms with Crippen molar-refractivity contribution in [2.75, 3.05) is 19.8 Å². The highest BCUT2D eigenvalue weighted by Gasteiger charge is 2.41. The minimum Gasteiger partial charge on any atom is -0.491 e. The Morgan fingerprint density at radius 3 is 2.39 bits per heavy atom. The number of nitrogens with zero attached hydrogens (tertiary/aromatic N) is 2. The Labute approximate surface area is 342 Å². The first-order chi connectivity index (χ1) is 27.9. The molecule has 2 aromatic carbocycles. The monoisotopic (exact) mass is 820 g/mol. The largest absolute Gasteiger partial charge is 0.491 e. The Morgan fingerprint density at radius 1 is 1.15 bits per heavy atom. The molecule has 316 valence electrons. The average molecular weight is 821 g/mol. The van der Waals surface area contributed by atoms with Crippen molar-refractivity contribution in [1.82, 2.24) is 4.57 Å². The smallest absolute Gasteiger partial charge is 0.340 e. The first-order valence-corrected chi connectivity index (χ1v) is 19.2. The van der Waals surface area contributed by atoms with E-state index in [0.717, 1.165) is 27.0 Å². The van der Waals surface area contributed by atoms with Crippen LogP contribution in [0.3, 0.4) is 0 Å². The van der Waals surface area contributed by atoms with E-state index in [-0.39, 0.29) is 23.4 Å². The van der Waals surface area contributed by atoms with Crippen molar-refractivity contribution in [2.24, 2.45) is 18.1 Å². The summed E-state index contributed by atoms with van der Waals surface area (Å²) in [6, 6.07) is 8.77. The fraction of sp³-hybridized carbons (Fsp3) is 0.370. The lowest BCUT2D eigenvalue weighted by atomic mass is 9.90. The zero-order chi connectivity index (χ0) is 43.7. The third kappa shape index (κ3) is 11.2. The molecule has 1 saturated heterocycles. The fourth-order valence-corrected chi connectivity index (χ4v) is 6.76. The number of carbonyl (C=O) groups excluding carboxylic acids is 2. The third-order valence-electron chi connectivity index (χ3n) is 9.60. The van der Waals surface area contributed by atoms with Gasteiger partial charge in [0.1, 0.15) is 24.2 Å². The number of hydrogen-bond donors (Lipinski definition) is 0. The van der Waals surface area contributed by atoms with Gasteiger partial charge < -0.3 is 28.4 Å². The predicted molar refractivity (Wildman–Crippen MR) is 223 cm³/mol. The van der Waals surface area contributed by atoms with Crippen LogP contribution >= 0.6 is 0 Å². The summed E-state index contributed by atoms with van der Waals surface area (Å²) >= 11 is 0. The van der Waals surface area contributed by atoms with Gasteiger partial charge in [0.05, 0.1) is 17.8 Å². The molecule has 0 amide bonds. The second kappa shape index (κ2) is 20.0. The minimum atomic E-state index is -4.37. The van der Waals surface area contributed by atoms with Crippen LogP contribution in [0, 0.1) is 5.92 Å². The number of hydrogen-bond acceptors (Lipinski definition) is 8. The molecule has 0 aliphatic carbocycles. The molecule has 1 aromatic heterocycles. The van der Waals surface area contributed by atoms with Crippen LogP contribution in [-0.4, -0.2) is 66.1 Å². The van der Waals surface area contributed by atoms with Crippen LogP contribution in [0.4, 0.5) is 17.6 Å². The predicted octanol–water partition coefficient (Wildman–Crippen LogP) is 8.77. The number of alkyl halides is 4. The van der Waals surface area contributed by atoms with Crippen molar-refractivity contribution < 1.29 is 50.9 Å². The molecule has 9 nitrogen and oxygen atoms in total. The number of ether oxygens (including phenoxy) is 4. The van der Waals surface area contributed by atoms with E-state index in [1.807, 2.05) is 57.5 Å². The maximum atomic E-state index is 14.4. The second-order valence-electron chi connectivity index (χ2n) is 14.3. The van der Waals surface area contributed by atoms with Crippen molar-refractivity contribution >= 4 is 46.6 Å². The van der Waals surface area contributed by atoms with Crippen LogP contribution in [0.5, 0.6) is 5.75 Å². The Bertz CT molecular complexity index is 2300. The Morgan fingerprint density at radius 2 is 1.85 bits per heavy atom. The number of aryl methyl sites for hydroxylation is 2. The van der Waals surface area contributed by atoms with E-state index in [9.17, 15) is 27.2 Å². The molecule has 2 heterocycles. The van der Waals surface area contributed by atoms with Crippen molar-refractivity contribution in [3.63, 3.8) is 0 Å². The highest BCUT2D eigenvalue weighted by atomic mass is 19.3. The zero-order valence-corrected chi connectivity index (χ0v) is 34.7. The summed E-state index contributed by atoms with van der Waals surface area (Å²) in [5, 5.41) is 6.52. The summed E-state index contributed by atoms with van der Waals surface area (Å²) in [6.45, 7) is 19.1. The molecule has 2 unspecified atom stereocenters. The van der Waals surface area contributed by atoms with E-state index in [2.05, 4.69) is 18.3 Å². The summed E-state index contributed by atoms with van der Waals surface area (Å²) < 4.78 is 77.4. The lowest BCUT2D eigenvalue weighted by Gasteiger charge is -2.17. The van der Waals surface area contributed by atoms with Gasteiger partial charge in [-0.15, -0.1) is 0 Å². The highest BCUT2D eigenvalue weighted by molar-refractivity contribution is 6.14. The SMILES string of the molecule is C=C/C=C(\C=C/C(C)C(=N/OC(C)=O)/C(/C=c1\c(=C/C)n(C)c2c(CC)c(C=C)c(C(=O)c3ccc(OCC4COC(C)(C)O4)cc3)cc12)=C/C)OCC(F)(F)C(F)F. The summed E-state index contributed by atoms with van der Waals surface area (Å²) in [7, 11) is 1.94. The number of halogens is 4. The van der Waals surface area contributed by atoms with Crippen LogP contribution in [0.25, 0.3) is 29.1 Å². The fourth-order valence-electron chi connectivity index (χ4n) is 6.76. The molecule has 0 saturated carbocycles. The van der Waals surface area contributed by atoms with Gasteiger partial charge in [-0.05, 0) is 99.4 Å². The first-order valence-electron chi connectivity index (χ1n) is 19.2. The molecule has 0 radical (unpaired) electrons. The topological polar surface area (TPSA) is 97.6 Å². The molecule has 1 aliphatic heterocycles. The molecule has 1 aliphatic rings. The highest BCUT2D eigenvalue weighted by Crippen LogP contribution is 2.30. The zero-order valence-electron chi connectivity index (χ0n) is 34.7. The van der Waals surface area contributed by atoms with Gasteiger partial charge in [-0.1, -0.05) is 62.5 Å². The molecule has 59 heavy (non-hydrogen) atoms. The second-order valence-corrected chi connectivity index (χ2v) is 14.3. The van der Waals surface area contributed by atoms with Crippen LogP contribution in [-0.2, 0) is 37.3 Å². The van der Waals surface area contributed by atoms with Crippen molar-refractivity contribution in [2.45, 2.75) is 79.1 Å². The molecule has 4 rings (SSSR count). The summed E-state index contributed by atoms with van der Waals surface area (Å²) in [5.41, 5.74) is 4.23. The molecule has 0 N–H and O–H groups in total. The van der Waals surface area contributed by atoms with Gasteiger partial charge in [0.15, 0.2) is 18.2 Å². The summed E-state index contributed by atoms with van der Waals surface area (Å²) in [6.07, 6.45) is 9.13. The van der Waals surface area contributed by atoms with E-state index < -0.39 is 36.6 Å². The first kappa shape index (κ1) is 46.2. The third-order valence-corrected chi connectivity index (χ3v) is 9.60. The van der Waals surface area contributed by atoms with Gasteiger partial charge >= 0.3 is 18.3 Å². The maximum absolute atomic E-state index is 14.4. The van der Waals surface area contributed by atoms with Crippen LogP contribution in [0.1, 0.15) is 75.5 Å². The van der Waals surface area contributed by atoms with E-state index in [4.69, 9.17) is 23.8 Å². The van der Waals surface area contributed by atoms with E-state index in [1.165, 1.54) is 25.2 Å². The van der Waals surface area contributed by atoms with Crippen LogP contribution in [0.2, 0.25) is 0 Å². The van der Waals surface area contributed by atoms with Crippen molar-refractivity contribution in [3.8, 4) is 5.75 Å². The summed E-state index contributed by atoms with van der Waals surface area (Å²) in [5.74, 6) is -6.14. The molecule has 13 heteroatoms. The number of ketones is 1. The van der Waals surface area contributed by atoms with Gasteiger partial charge in [0, 0.05) is 47.0 Å². The van der Waals surface area contributed by atoms with E-state index >= 15 is 0 Å². The van der Waals surface area contributed by atoms with Gasteiger partial charge in [-0.25, -0.2) is 13.6 Å². The lowest BCUT2D eigenvalue weighted by Crippen LogP contribution is -2.32. The van der Waals surface area contributed by atoms with Crippen LogP contribution < -0.4 is 15.3 Å². The van der Waals surface area contributed by atoms with E-state index in [0.29, 0.717) is 47.6 Å². The number of fused-ring (bicyclic) bond motifs is 1. The number of carbonyl (C=O) groups is 2. The standard InChI is InChI=1S/C46H52F4N2O7/c1-11-16-32(56-27-46(49,50)44(47)48)20-17-28(6)41(51-59-29(7)53)30(12-2)23-37-38-24-39(35(13-3)36(14-4)42(38)52(10)40(37)15-5)43(54)31-18-21-33(22-19-31)55-25-34-26-57-45(8,9)58-34/h11-13,15-24,28,34,44H,1,3,14,25-27H2,2,4-10H3/b20-17-,30-12+,32-16+,37-23-,40-15+,51-41-.